The Kier molecular flexibility index (Phi) is 5.37. The largest absolute Gasteiger partial charge is 0.385 e. The zero-order chi connectivity index (χ0) is 12.6. The van der Waals surface area contributed by atoms with Crippen molar-refractivity contribution >= 4 is 11.4 Å². The van der Waals surface area contributed by atoms with E-state index in [0.29, 0.717) is 0 Å². The van der Waals surface area contributed by atoms with Gasteiger partial charge in [-0.1, -0.05) is 19.8 Å². The lowest BCUT2D eigenvalue weighted by molar-refractivity contribution is 0.578. The maximum Gasteiger partial charge on any atom is 0.0367 e. The topological polar surface area (TPSA) is 15.3 Å². The van der Waals surface area contributed by atoms with Crippen LogP contribution in [0.2, 0.25) is 0 Å². The van der Waals surface area contributed by atoms with Crippen LogP contribution in [0.4, 0.5) is 11.4 Å². The summed E-state index contributed by atoms with van der Waals surface area (Å²) in [6.07, 6.45) is 7.96. The summed E-state index contributed by atoms with van der Waals surface area (Å²) in [4.78, 5) is 2.50. The number of nitrogens with zero attached hydrogens (tertiary/aromatic N) is 1. The highest BCUT2D eigenvalue weighted by Crippen LogP contribution is 2.21. The van der Waals surface area contributed by atoms with Crippen molar-refractivity contribution in [3.63, 3.8) is 0 Å². The van der Waals surface area contributed by atoms with Crippen molar-refractivity contribution in [3.05, 3.63) is 24.3 Å². The van der Waals surface area contributed by atoms with Crippen LogP contribution in [0.1, 0.15) is 45.4 Å². The Hall–Kier alpha value is -1.18. The highest BCUT2D eigenvalue weighted by molar-refractivity contribution is 5.55. The SMILES string of the molecule is CCCCCNc1ccc(N2CCCCC2)cc1. The summed E-state index contributed by atoms with van der Waals surface area (Å²) >= 11 is 0. The summed E-state index contributed by atoms with van der Waals surface area (Å²) < 4.78 is 0. The van der Waals surface area contributed by atoms with Gasteiger partial charge in [0.15, 0.2) is 0 Å². The molecule has 1 aromatic carbocycles. The molecule has 1 aliphatic heterocycles. The molecule has 1 N–H and O–H groups in total. The average Bonchev–Trinajstić information content (AvgIpc) is 2.45. The van der Waals surface area contributed by atoms with Gasteiger partial charge in [0.05, 0.1) is 0 Å². The summed E-state index contributed by atoms with van der Waals surface area (Å²) in [5.74, 6) is 0. The molecule has 1 fully saturated rings. The van der Waals surface area contributed by atoms with Crippen LogP contribution in [-0.2, 0) is 0 Å². The molecular weight excluding hydrogens is 220 g/mol. The molecule has 0 bridgehead atoms. The minimum atomic E-state index is 1.09. The number of rotatable bonds is 6. The van der Waals surface area contributed by atoms with Gasteiger partial charge in [-0.05, 0) is 49.9 Å². The van der Waals surface area contributed by atoms with Crippen LogP contribution in [0.15, 0.2) is 24.3 Å². The van der Waals surface area contributed by atoms with Gasteiger partial charge in [-0.15, -0.1) is 0 Å². The van der Waals surface area contributed by atoms with E-state index in [9.17, 15) is 0 Å². The lowest BCUT2D eigenvalue weighted by Gasteiger charge is -2.28. The zero-order valence-electron chi connectivity index (χ0n) is 11.6. The van der Waals surface area contributed by atoms with E-state index in [1.807, 2.05) is 0 Å². The van der Waals surface area contributed by atoms with Gasteiger partial charge < -0.3 is 10.2 Å². The van der Waals surface area contributed by atoms with Crippen molar-refractivity contribution in [2.45, 2.75) is 45.4 Å². The second-order valence-electron chi connectivity index (χ2n) is 5.23. The van der Waals surface area contributed by atoms with Crippen LogP contribution in [-0.4, -0.2) is 19.6 Å². The van der Waals surface area contributed by atoms with Crippen molar-refractivity contribution in [1.82, 2.24) is 0 Å². The predicted molar refractivity (Wildman–Crippen MR) is 80.5 cm³/mol. The number of unbranched alkanes of at least 4 members (excludes halogenated alkanes) is 2. The van der Waals surface area contributed by atoms with Crippen molar-refractivity contribution in [2.75, 3.05) is 29.9 Å². The van der Waals surface area contributed by atoms with Crippen molar-refractivity contribution in [3.8, 4) is 0 Å². The van der Waals surface area contributed by atoms with Crippen LogP contribution >= 0.6 is 0 Å². The Morgan fingerprint density at radius 2 is 1.72 bits per heavy atom. The third-order valence-electron chi connectivity index (χ3n) is 3.70. The summed E-state index contributed by atoms with van der Waals surface area (Å²) in [5.41, 5.74) is 2.64. The first kappa shape index (κ1) is 13.3. The predicted octanol–water partition coefficient (Wildman–Crippen LogP) is 4.28. The van der Waals surface area contributed by atoms with E-state index in [4.69, 9.17) is 0 Å². The lowest BCUT2D eigenvalue weighted by atomic mass is 10.1. The van der Waals surface area contributed by atoms with Crippen LogP contribution in [0, 0.1) is 0 Å². The first-order chi connectivity index (χ1) is 8.90. The molecule has 100 valence electrons. The Labute approximate surface area is 111 Å². The normalized spacial score (nSPS) is 15.7. The third-order valence-corrected chi connectivity index (χ3v) is 3.70. The van der Waals surface area contributed by atoms with Gasteiger partial charge in [-0.3, -0.25) is 0 Å². The molecule has 1 aromatic rings. The first-order valence-corrected chi connectivity index (χ1v) is 7.49. The van der Waals surface area contributed by atoms with Gasteiger partial charge >= 0.3 is 0 Å². The Morgan fingerprint density at radius 3 is 2.39 bits per heavy atom. The third kappa shape index (κ3) is 3.94. The van der Waals surface area contributed by atoms with Gasteiger partial charge in [0, 0.05) is 31.0 Å². The minimum Gasteiger partial charge on any atom is -0.385 e. The fourth-order valence-corrected chi connectivity index (χ4v) is 2.55. The van der Waals surface area contributed by atoms with E-state index in [1.165, 1.54) is 63.0 Å². The van der Waals surface area contributed by atoms with Gasteiger partial charge in [0.25, 0.3) is 0 Å². The molecular formula is C16H26N2. The smallest absolute Gasteiger partial charge is 0.0367 e. The monoisotopic (exact) mass is 246 g/mol. The quantitative estimate of drug-likeness (QED) is 0.754. The molecule has 2 rings (SSSR count). The maximum atomic E-state index is 3.49. The molecule has 0 atom stereocenters. The number of anilines is 2. The summed E-state index contributed by atoms with van der Waals surface area (Å²) in [6, 6.07) is 8.95. The maximum absolute atomic E-state index is 3.49. The van der Waals surface area contributed by atoms with Crippen LogP contribution in [0.3, 0.4) is 0 Å². The van der Waals surface area contributed by atoms with Gasteiger partial charge in [-0.25, -0.2) is 0 Å². The number of benzene rings is 1. The van der Waals surface area contributed by atoms with Crippen molar-refractivity contribution < 1.29 is 0 Å². The molecule has 1 heterocycles. The second-order valence-corrected chi connectivity index (χ2v) is 5.23. The Bertz CT molecular complexity index is 325. The highest BCUT2D eigenvalue weighted by Gasteiger charge is 2.10. The minimum absolute atomic E-state index is 1.09. The molecule has 1 aliphatic rings. The molecule has 0 unspecified atom stereocenters. The molecule has 2 nitrogen and oxygen atoms in total. The number of piperidine rings is 1. The van der Waals surface area contributed by atoms with Crippen LogP contribution in [0.25, 0.3) is 0 Å². The summed E-state index contributed by atoms with van der Waals surface area (Å²) in [5, 5.41) is 3.49. The van der Waals surface area contributed by atoms with E-state index >= 15 is 0 Å². The molecule has 0 radical (unpaired) electrons. The molecule has 1 saturated heterocycles. The van der Waals surface area contributed by atoms with E-state index in [1.54, 1.807) is 0 Å². The van der Waals surface area contributed by atoms with Gasteiger partial charge in [-0.2, -0.15) is 0 Å². The molecule has 0 aliphatic carbocycles. The lowest BCUT2D eigenvalue weighted by Crippen LogP contribution is -2.29. The Balaban J connectivity index is 1.81. The number of hydrogen-bond acceptors (Lipinski definition) is 2. The van der Waals surface area contributed by atoms with Gasteiger partial charge in [0.2, 0.25) is 0 Å². The van der Waals surface area contributed by atoms with Crippen molar-refractivity contribution in [2.24, 2.45) is 0 Å². The van der Waals surface area contributed by atoms with Crippen molar-refractivity contribution in [1.29, 1.82) is 0 Å². The van der Waals surface area contributed by atoms with Crippen LogP contribution in [0.5, 0.6) is 0 Å². The second kappa shape index (κ2) is 7.30. The molecule has 0 spiro atoms. The summed E-state index contributed by atoms with van der Waals surface area (Å²) in [6.45, 7) is 5.79. The zero-order valence-corrected chi connectivity index (χ0v) is 11.6. The van der Waals surface area contributed by atoms with E-state index in [-0.39, 0.29) is 0 Å². The number of hydrogen-bond donors (Lipinski definition) is 1. The molecule has 18 heavy (non-hydrogen) atoms. The fourth-order valence-electron chi connectivity index (χ4n) is 2.55. The Morgan fingerprint density at radius 1 is 1.00 bits per heavy atom. The first-order valence-electron chi connectivity index (χ1n) is 7.49. The molecule has 0 saturated carbocycles. The van der Waals surface area contributed by atoms with E-state index in [0.717, 1.165) is 6.54 Å². The fraction of sp³-hybridized carbons (Fsp3) is 0.625. The molecule has 0 aromatic heterocycles. The van der Waals surface area contributed by atoms with Crippen LogP contribution < -0.4 is 10.2 Å². The molecule has 2 heteroatoms. The molecule has 0 amide bonds. The van der Waals surface area contributed by atoms with Gasteiger partial charge in [0.1, 0.15) is 0 Å². The summed E-state index contributed by atoms with van der Waals surface area (Å²) in [7, 11) is 0. The van der Waals surface area contributed by atoms with E-state index in [2.05, 4.69) is 41.4 Å². The highest BCUT2D eigenvalue weighted by atomic mass is 15.1. The van der Waals surface area contributed by atoms with E-state index < -0.39 is 0 Å². The number of nitrogens with one attached hydrogen (secondary N) is 1. The average molecular weight is 246 g/mol. The standard InChI is InChI=1S/C16H26N2/c1-2-3-5-12-17-15-8-10-16(11-9-15)18-13-6-4-7-14-18/h8-11,17H,2-7,12-14H2,1H3.